The molecular formula is C18H22N6S. The lowest BCUT2D eigenvalue weighted by molar-refractivity contribution is 0.243. The average molecular weight is 354 g/mol. The summed E-state index contributed by atoms with van der Waals surface area (Å²) in [6, 6.07) is 10.1. The highest BCUT2D eigenvalue weighted by atomic mass is 32.1. The number of hydrogen-bond donors (Lipinski definition) is 0. The Bertz CT molecular complexity index is 919. The third-order valence-corrected chi connectivity index (χ3v) is 4.99. The molecule has 0 radical (unpaired) electrons. The Morgan fingerprint density at radius 1 is 1.24 bits per heavy atom. The fourth-order valence-corrected chi connectivity index (χ4v) is 3.24. The number of benzene rings is 1. The zero-order valence-electron chi connectivity index (χ0n) is 14.5. The van der Waals surface area contributed by atoms with Crippen LogP contribution in [0.5, 0.6) is 0 Å². The predicted octanol–water partition coefficient (Wildman–Crippen LogP) is 3.10. The highest BCUT2D eigenvalue weighted by Crippen LogP contribution is 2.38. The van der Waals surface area contributed by atoms with Crippen LogP contribution in [-0.4, -0.2) is 36.1 Å². The van der Waals surface area contributed by atoms with Crippen molar-refractivity contribution in [2.75, 3.05) is 7.05 Å². The molecule has 130 valence electrons. The molecule has 6 nitrogen and oxygen atoms in total. The Balaban J connectivity index is 1.44. The van der Waals surface area contributed by atoms with E-state index in [1.165, 1.54) is 12.8 Å². The van der Waals surface area contributed by atoms with Gasteiger partial charge >= 0.3 is 0 Å². The van der Waals surface area contributed by atoms with Gasteiger partial charge in [0.15, 0.2) is 4.77 Å². The monoisotopic (exact) mass is 354 g/mol. The van der Waals surface area contributed by atoms with Gasteiger partial charge < -0.3 is 4.57 Å². The van der Waals surface area contributed by atoms with Crippen molar-refractivity contribution < 1.29 is 0 Å². The third-order valence-electron chi connectivity index (χ3n) is 4.50. The molecule has 0 N–H and O–H groups in total. The Morgan fingerprint density at radius 3 is 2.72 bits per heavy atom. The van der Waals surface area contributed by atoms with Gasteiger partial charge in [-0.2, -0.15) is 10.2 Å². The maximum Gasteiger partial charge on any atom is 0.198 e. The molecule has 0 amide bonds. The molecule has 25 heavy (non-hydrogen) atoms. The van der Waals surface area contributed by atoms with E-state index in [9.17, 15) is 0 Å². The van der Waals surface area contributed by atoms with Crippen LogP contribution in [0.15, 0.2) is 42.7 Å². The first-order chi connectivity index (χ1) is 12.1. The summed E-state index contributed by atoms with van der Waals surface area (Å²) in [6.45, 7) is 1.47. The van der Waals surface area contributed by atoms with Gasteiger partial charge in [-0.3, -0.25) is 4.90 Å². The Morgan fingerprint density at radius 2 is 2.00 bits per heavy atom. The Kier molecular flexibility index (Phi) is 4.27. The lowest BCUT2D eigenvalue weighted by atomic mass is 10.3. The van der Waals surface area contributed by atoms with Gasteiger partial charge in [0.1, 0.15) is 5.82 Å². The topological polar surface area (TPSA) is 43.8 Å². The minimum absolute atomic E-state index is 0.599. The largest absolute Gasteiger partial charge is 0.307 e. The van der Waals surface area contributed by atoms with Crippen molar-refractivity contribution in [2.24, 2.45) is 7.05 Å². The van der Waals surface area contributed by atoms with Crippen molar-refractivity contribution in [3.05, 3.63) is 58.9 Å². The predicted molar refractivity (Wildman–Crippen MR) is 99.0 cm³/mol. The minimum Gasteiger partial charge on any atom is -0.307 e. The number of aromatic nitrogens is 5. The SMILES string of the molecule is CN(Cc1cnn(-c2ccccc2)c1)Cn1nc(C2CC2)n(C)c1=S. The molecule has 1 aromatic carbocycles. The quantitative estimate of drug-likeness (QED) is 0.638. The molecular weight excluding hydrogens is 332 g/mol. The fourth-order valence-electron chi connectivity index (χ4n) is 3.05. The highest BCUT2D eigenvalue weighted by Gasteiger charge is 2.29. The van der Waals surface area contributed by atoms with Gasteiger partial charge in [-0.1, -0.05) is 18.2 Å². The van der Waals surface area contributed by atoms with E-state index in [0.717, 1.165) is 28.4 Å². The van der Waals surface area contributed by atoms with E-state index in [1.807, 2.05) is 57.5 Å². The maximum atomic E-state index is 5.53. The Labute approximate surface area is 152 Å². The highest BCUT2D eigenvalue weighted by molar-refractivity contribution is 7.71. The van der Waals surface area contributed by atoms with E-state index in [2.05, 4.69) is 23.2 Å². The molecule has 7 heteroatoms. The fraction of sp³-hybridized carbons (Fsp3) is 0.389. The average Bonchev–Trinajstić information content (AvgIpc) is 3.30. The van der Waals surface area contributed by atoms with E-state index in [1.54, 1.807) is 0 Å². The van der Waals surface area contributed by atoms with Crippen molar-refractivity contribution >= 4 is 12.2 Å². The summed E-state index contributed by atoms with van der Waals surface area (Å²) in [5, 5.41) is 9.18. The first-order valence-corrected chi connectivity index (χ1v) is 8.94. The van der Waals surface area contributed by atoms with Crippen LogP contribution in [0.1, 0.15) is 30.1 Å². The van der Waals surface area contributed by atoms with Gasteiger partial charge in [0, 0.05) is 31.3 Å². The summed E-state index contributed by atoms with van der Waals surface area (Å²) in [5.41, 5.74) is 2.23. The molecule has 3 aromatic rings. The molecule has 0 aliphatic heterocycles. The summed E-state index contributed by atoms with van der Waals surface area (Å²) < 4.78 is 6.66. The number of para-hydroxylation sites is 1. The molecule has 4 rings (SSSR count). The lowest BCUT2D eigenvalue weighted by Gasteiger charge is -2.15. The molecule has 2 aromatic heterocycles. The van der Waals surface area contributed by atoms with Gasteiger partial charge in [-0.25, -0.2) is 9.36 Å². The van der Waals surface area contributed by atoms with Gasteiger partial charge in [0.2, 0.25) is 0 Å². The van der Waals surface area contributed by atoms with E-state index < -0.39 is 0 Å². The van der Waals surface area contributed by atoms with Crippen LogP contribution >= 0.6 is 12.2 Å². The van der Waals surface area contributed by atoms with Crippen LogP contribution < -0.4 is 0 Å². The van der Waals surface area contributed by atoms with Crippen LogP contribution in [-0.2, 0) is 20.3 Å². The van der Waals surface area contributed by atoms with Crippen LogP contribution in [0.2, 0.25) is 0 Å². The normalized spacial score (nSPS) is 14.4. The molecule has 0 spiro atoms. The van der Waals surface area contributed by atoms with Gasteiger partial charge in [-0.05, 0) is 44.2 Å². The number of hydrogen-bond acceptors (Lipinski definition) is 4. The second-order valence-electron chi connectivity index (χ2n) is 6.76. The first kappa shape index (κ1) is 16.2. The van der Waals surface area contributed by atoms with Gasteiger partial charge in [-0.15, -0.1) is 0 Å². The number of nitrogens with zero attached hydrogens (tertiary/aromatic N) is 6. The Hall–Kier alpha value is -2.25. The number of rotatable bonds is 6. The second-order valence-corrected chi connectivity index (χ2v) is 7.12. The first-order valence-electron chi connectivity index (χ1n) is 8.53. The zero-order chi connectivity index (χ0) is 17.4. The van der Waals surface area contributed by atoms with Crippen LogP contribution in [0.3, 0.4) is 0 Å². The van der Waals surface area contributed by atoms with Gasteiger partial charge in [0.25, 0.3) is 0 Å². The van der Waals surface area contributed by atoms with E-state index in [0.29, 0.717) is 12.6 Å². The molecule has 1 saturated carbocycles. The van der Waals surface area contributed by atoms with Crippen molar-refractivity contribution in [3.8, 4) is 5.69 Å². The molecule has 0 atom stereocenters. The molecule has 1 aliphatic rings. The van der Waals surface area contributed by atoms with Crippen molar-refractivity contribution in [1.29, 1.82) is 0 Å². The summed E-state index contributed by atoms with van der Waals surface area (Å²) in [7, 11) is 4.09. The van der Waals surface area contributed by atoms with E-state index >= 15 is 0 Å². The van der Waals surface area contributed by atoms with Crippen molar-refractivity contribution in [2.45, 2.75) is 32.0 Å². The summed E-state index contributed by atoms with van der Waals surface area (Å²) >= 11 is 5.53. The van der Waals surface area contributed by atoms with Crippen LogP contribution in [0, 0.1) is 4.77 Å². The standard InChI is InChI=1S/C18H22N6S/c1-21(13-24-18(25)22(2)17(20-24)15-8-9-15)11-14-10-19-23(12-14)16-6-4-3-5-7-16/h3-7,10,12,15H,8-9,11,13H2,1-2H3. The van der Waals surface area contributed by atoms with Crippen LogP contribution in [0.4, 0.5) is 0 Å². The summed E-state index contributed by atoms with van der Waals surface area (Å²) in [4.78, 5) is 2.20. The van der Waals surface area contributed by atoms with E-state index in [4.69, 9.17) is 17.3 Å². The third kappa shape index (κ3) is 3.43. The molecule has 0 bridgehead atoms. The molecule has 1 fully saturated rings. The van der Waals surface area contributed by atoms with Crippen molar-refractivity contribution in [3.63, 3.8) is 0 Å². The maximum absolute atomic E-state index is 5.53. The molecule has 0 saturated heterocycles. The molecule has 2 heterocycles. The van der Waals surface area contributed by atoms with Crippen LogP contribution in [0.25, 0.3) is 5.69 Å². The lowest BCUT2D eigenvalue weighted by Crippen LogP contribution is -2.22. The van der Waals surface area contributed by atoms with E-state index in [-0.39, 0.29) is 0 Å². The second kappa shape index (κ2) is 6.57. The van der Waals surface area contributed by atoms with Gasteiger partial charge in [0.05, 0.1) is 18.6 Å². The summed E-state index contributed by atoms with van der Waals surface area (Å²) in [6.07, 6.45) is 6.44. The smallest absolute Gasteiger partial charge is 0.198 e. The minimum atomic E-state index is 0.599. The zero-order valence-corrected chi connectivity index (χ0v) is 15.4. The molecule has 0 unspecified atom stereocenters. The summed E-state index contributed by atoms with van der Waals surface area (Å²) in [5.74, 6) is 1.72. The van der Waals surface area contributed by atoms with Crippen molar-refractivity contribution in [1.82, 2.24) is 29.0 Å². The molecule has 1 aliphatic carbocycles.